The highest BCUT2D eigenvalue weighted by molar-refractivity contribution is 6.16. The van der Waals surface area contributed by atoms with E-state index in [4.69, 9.17) is 11.6 Å². The van der Waals surface area contributed by atoms with Crippen molar-refractivity contribution >= 4 is 11.6 Å². The SMILES string of the molecule is CN(C)n1cnnc1CCl. The Morgan fingerprint density at radius 2 is 2.40 bits per heavy atom. The quantitative estimate of drug-likeness (QED) is 0.581. The van der Waals surface area contributed by atoms with Crippen molar-refractivity contribution in [3.8, 4) is 0 Å². The first-order valence-electron chi connectivity index (χ1n) is 2.88. The summed E-state index contributed by atoms with van der Waals surface area (Å²) in [6, 6.07) is 0. The van der Waals surface area contributed by atoms with Crippen molar-refractivity contribution in [3.63, 3.8) is 0 Å². The first-order chi connectivity index (χ1) is 4.75. The lowest BCUT2D eigenvalue weighted by molar-refractivity contribution is 0.698. The van der Waals surface area contributed by atoms with Gasteiger partial charge in [-0.15, -0.1) is 21.8 Å². The van der Waals surface area contributed by atoms with E-state index in [1.807, 2.05) is 19.1 Å². The van der Waals surface area contributed by atoms with Gasteiger partial charge in [0, 0.05) is 14.1 Å². The van der Waals surface area contributed by atoms with E-state index in [0.29, 0.717) is 5.88 Å². The normalized spacial score (nSPS) is 9.90. The van der Waals surface area contributed by atoms with Crippen LogP contribution in [0.2, 0.25) is 0 Å². The minimum atomic E-state index is 0.387. The zero-order chi connectivity index (χ0) is 7.56. The predicted octanol–water partition coefficient (Wildman–Crippen LogP) is 0.214. The molecule has 0 bridgehead atoms. The molecule has 0 aliphatic carbocycles. The van der Waals surface area contributed by atoms with Crippen molar-refractivity contribution in [2.75, 3.05) is 19.1 Å². The summed E-state index contributed by atoms with van der Waals surface area (Å²) < 4.78 is 1.78. The standard InChI is InChI=1S/C5H9ClN4/c1-9(2)10-4-7-8-5(10)3-6/h4H,3H2,1-2H3. The monoisotopic (exact) mass is 160 g/mol. The van der Waals surface area contributed by atoms with Gasteiger partial charge in [-0.25, -0.2) is 4.68 Å². The van der Waals surface area contributed by atoms with Crippen LogP contribution in [-0.2, 0) is 5.88 Å². The van der Waals surface area contributed by atoms with Gasteiger partial charge in [0.2, 0.25) is 0 Å². The molecule has 0 spiro atoms. The topological polar surface area (TPSA) is 34.0 Å². The van der Waals surface area contributed by atoms with Crippen LogP contribution in [0.15, 0.2) is 6.33 Å². The summed E-state index contributed by atoms with van der Waals surface area (Å²) in [5.41, 5.74) is 0. The van der Waals surface area contributed by atoms with Crippen LogP contribution >= 0.6 is 11.6 Å². The Hall–Kier alpha value is -0.770. The first-order valence-corrected chi connectivity index (χ1v) is 3.41. The van der Waals surface area contributed by atoms with Crippen molar-refractivity contribution < 1.29 is 0 Å². The number of hydrogen-bond acceptors (Lipinski definition) is 3. The maximum absolute atomic E-state index is 5.57. The summed E-state index contributed by atoms with van der Waals surface area (Å²) in [5.74, 6) is 1.14. The summed E-state index contributed by atoms with van der Waals surface area (Å²) in [5, 5.41) is 9.36. The minimum absolute atomic E-state index is 0.387. The Labute approximate surface area is 64.4 Å². The van der Waals surface area contributed by atoms with E-state index in [1.165, 1.54) is 0 Å². The number of aromatic nitrogens is 3. The van der Waals surface area contributed by atoms with E-state index >= 15 is 0 Å². The molecule has 0 saturated carbocycles. The molecule has 1 heterocycles. The minimum Gasteiger partial charge on any atom is -0.316 e. The molecule has 0 aromatic carbocycles. The third-order valence-electron chi connectivity index (χ3n) is 1.15. The van der Waals surface area contributed by atoms with Gasteiger partial charge in [-0.2, -0.15) is 0 Å². The Balaban J connectivity index is 2.90. The Morgan fingerprint density at radius 1 is 1.70 bits per heavy atom. The fraction of sp³-hybridized carbons (Fsp3) is 0.600. The number of alkyl halides is 1. The molecule has 0 aliphatic rings. The van der Waals surface area contributed by atoms with Crippen molar-refractivity contribution in [1.29, 1.82) is 0 Å². The van der Waals surface area contributed by atoms with Gasteiger partial charge in [0.25, 0.3) is 0 Å². The fourth-order valence-corrected chi connectivity index (χ4v) is 0.852. The molecule has 56 valence electrons. The molecule has 4 nitrogen and oxygen atoms in total. The third kappa shape index (κ3) is 1.21. The number of rotatable bonds is 2. The largest absolute Gasteiger partial charge is 0.316 e. The molecule has 5 heteroatoms. The molecule has 0 unspecified atom stereocenters. The smallest absolute Gasteiger partial charge is 0.166 e. The molecule has 0 radical (unpaired) electrons. The molecular formula is C5H9ClN4. The molecule has 0 saturated heterocycles. The van der Waals surface area contributed by atoms with Gasteiger partial charge in [0.15, 0.2) is 5.82 Å². The molecule has 10 heavy (non-hydrogen) atoms. The van der Waals surface area contributed by atoms with Crippen LogP contribution in [-0.4, -0.2) is 29.0 Å². The molecule has 0 amide bonds. The van der Waals surface area contributed by atoms with Crippen molar-refractivity contribution in [2.24, 2.45) is 0 Å². The molecule has 0 fully saturated rings. The highest BCUT2D eigenvalue weighted by Crippen LogP contribution is 1.97. The van der Waals surface area contributed by atoms with Gasteiger partial charge in [-0.3, -0.25) is 0 Å². The second-order valence-electron chi connectivity index (χ2n) is 2.07. The second kappa shape index (κ2) is 2.88. The van der Waals surface area contributed by atoms with Crippen LogP contribution in [0.4, 0.5) is 0 Å². The van der Waals surface area contributed by atoms with Gasteiger partial charge in [-0.1, -0.05) is 0 Å². The Bertz CT molecular complexity index is 207. The van der Waals surface area contributed by atoms with Gasteiger partial charge in [-0.05, 0) is 0 Å². The van der Waals surface area contributed by atoms with E-state index in [1.54, 1.807) is 11.0 Å². The summed E-state index contributed by atoms with van der Waals surface area (Å²) in [7, 11) is 3.80. The van der Waals surface area contributed by atoms with Crippen LogP contribution in [0.5, 0.6) is 0 Å². The Kier molecular flexibility index (Phi) is 2.11. The summed E-state index contributed by atoms with van der Waals surface area (Å²) in [4.78, 5) is 0. The van der Waals surface area contributed by atoms with Crippen molar-refractivity contribution in [2.45, 2.75) is 5.88 Å². The summed E-state index contributed by atoms with van der Waals surface area (Å²) >= 11 is 5.57. The van der Waals surface area contributed by atoms with Crippen LogP contribution in [0.25, 0.3) is 0 Å². The zero-order valence-electron chi connectivity index (χ0n) is 5.95. The number of halogens is 1. The number of hydrogen-bond donors (Lipinski definition) is 0. The average Bonchev–Trinajstić information content (AvgIpc) is 2.33. The summed E-state index contributed by atoms with van der Waals surface area (Å²) in [6.45, 7) is 0. The molecule has 1 aromatic rings. The van der Waals surface area contributed by atoms with E-state index in [2.05, 4.69) is 10.2 Å². The molecule has 1 rings (SSSR count). The maximum Gasteiger partial charge on any atom is 0.166 e. The highest BCUT2D eigenvalue weighted by atomic mass is 35.5. The Morgan fingerprint density at radius 3 is 2.80 bits per heavy atom. The van der Waals surface area contributed by atoms with E-state index in [0.717, 1.165) is 5.82 Å². The molecule has 0 atom stereocenters. The van der Waals surface area contributed by atoms with Gasteiger partial charge < -0.3 is 5.01 Å². The zero-order valence-corrected chi connectivity index (χ0v) is 6.71. The van der Waals surface area contributed by atoms with E-state index in [9.17, 15) is 0 Å². The molecular weight excluding hydrogens is 152 g/mol. The van der Waals surface area contributed by atoms with Crippen LogP contribution in [0.1, 0.15) is 5.82 Å². The number of nitrogens with zero attached hydrogens (tertiary/aromatic N) is 4. The lowest BCUT2D eigenvalue weighted by atomic mass is 10.7. The third-order valence-corrected chi connectivity index (χ3v) is 1.39. The molecule has 0 N–H and O–H groups in total. The second-order valence-corrected chi connectivity index (χ2v) is 2.34. The molecule has 1 aromatic heterocycles. The van der Waals surface area contributed by atoms with Crippen LogP contribution in [0, 0.1) is 0 Å². The summed E-state index contributed by atoms with van der Waals surface area (Å²) in [6.07, 6.45) is 1.62. The lowest BCUT2D eigenvalue weighted by Gasteiger charge is -2.13. The lowest BCUT2D eigenvalue weighted by Crippen LogP contribution is -2.25. The van der Waals surface area contributed by atoms with Crippen LogP contribution < -0.4 is 5.01 Å². The average molecular weight is 161 g/mol. The van der Waals surface area contributed by atoms with Crippen molar-refractivity contribution in [1.82, 2.24) is 14.9 Å². The van der Waals surface area contributed by atoms with Gasteiger partial charge in [0.05, 0.1) is 5.88 Å². The van der Waals surface area contributed by atoms with E-state index < -0.39 is 0 Å². The van der Waals surface area contributed by atoms with E-state index in [-0.39, 0.29) is 0 Å². The van der Waals surface area contributed by atoms with Crippen molar-refractivity contribution in [3.05, 3.63) is 12.2 Å². The van der Waals surface area contributed by atoms with Gasteiger partial charge >= 0.3 is 0 Å². The fourth-order valence-electron chi connectivity index (χ4n) is 0.676. The van der Waals surface area contributed by atoms with Gasteiger partial charge in [0.1, 0.15) is 6.33 Å². The first kappa shape index (κ1) is 7.34. The highest BCUT2D eigenvalue weighted by Gasteiger charge is 2.01. The van der Waals surface area contributed by atoms with Crippen LogP contribution in [0.3, 0.4) is 0 Å². The molecule has 0 aliphatic heterocycles. The predicted molar refractivity (Wildman–Crippen MR) is 39.6 cm³/mol. The maximum atomic E-state index is 5.57.